The van der Waals surface area contributed by atoms with E-state index in [2.05, 4.69) is 15.8 Å². The van der Waals surface area contributed by atoms with Gasteiger partial charge in [-0.3, -0.25) is 0 Å². The molecule has 0 unspecified atom stereocenters. The van der Waals surface area contributed by atoms with Crippen LogP contribution < -0.4 is 20.2 Å². The Bertz CT molecular complexity index is 1010. The van der Waals surface area contributed by atoms with E-state index in [4.69, 9.17) is 21.1 Å². The largest absolute Gasteiger partial charge is 0.493 e. The number of nitrogens with zero attached hydrogens (tertiary/aromatic N) is 1. The third kappa shape index (κ3) is 7.68. The Morgan fingerprint density at radius 1 is 0.968 bits per heavy atom. The molecular formula is C24H24ClN3O3. The number of rotatable bonds is 9. The minimum absolute atomic E-state index is 0.404. The number of halogens is 1. The van der Waals surface area contributed by atoms with Crippen molar-refractivity contribution >= 4 is 29.5 Å². The van der Waals surface area contributed by atoms with E-state index < -0.39 is 6.03 Å². The Hall–Kier alpha value is -3.51. The molecule has 0 saturated heterocycles. The molecule has 7 heteroatoms. The maximum atomic E-state index is 11.8. The molecule has 0 aliphatic heterocycles. The molecule has 0 radical (unpaired) electrons. The zero-order chi connectivity index (χ0) is 21.9. The van der Waals surface area contributed by atoms with Gasteiger partial charge in [0.05, 0.1) is 19.4 Å². The van der Waals surface area contributed by atoms with Gasteiger partial charge in [0.15, 0.2) is 0 Å². The molecule has 3 aromatic rings. The van der Waals surface area contributed by atoms with Crippen molar-refractivity contribution in [3.8, 4) is 11.5 Å². The minimum Gasteiger partial charge on any atom is -0.493 e. The van der Waals surface area contributed by atoms with E-state index in [1.807, 2.05) is 67.6 Å². The summed E-state index contributed by atoms with van der Waals surface area (Å²) in [6.07, 6.45) is 2.32. The molecule has 0 aliphatic carbocycles. The first kappa shape index (κ1) is 22.2. The fourth-order valence-electron chi connectivity index (χ4n) is 2.64. The van der Waals surface area contributed by atoms with Crippen molar-refractivity contribution in [3.63, 3.8) is 0 Å². The number of carbonyl (C=O) groups is 1. The monoisotopic (exact) mass is 437 g/mol. The number of urea groups is 1. The Kier molecular flexibility index (Phi) is 8.31. The molecule has 2 N–H and O–H groups in total. The van der Waals surface area contributed by atoms with Crippen molar-refractivity contribution in [2.45, 2.75) is 13.3 Å². The van der Waals surface area contributed by atoms with Gasteiger partial charge in [-0.25, -0.2) is 10.2 Å². The lowest BCUT2D eigenvalue weighted by Gasteiger charge is -2.09. The lowest BCUT2D eigenvalue weighted by Crippen LogP contribution is -2.24. The van der Waals surface area contributed by atoms with Crippen LogP contribution in [0.25, 0.3) is 0 Å². The lowest BCUT2D eigenvalue weighted by atomic mass is 10.2. The first-order valence-corrected chi connectivity index (χ1v) is 10.2. The van der Waals surface area contributed by atoms with E-state index in [1.54, 1.807) is 18.3 Å². The van der Waals surface area contributed by atoms with E-state index in [0.29, 0.717) is 18.9 Å². The summed E-state index contributed by atoms with van der Waals surface area (Å²) < 4.78 is 11.4. The van der Waals surface area contributed by atoms with Crippen LogP contribution in [-0.2, 0) is 0 Å². The van der Waals surface area contributed by atoms with Crippen molar-refractivity contribution in [3.05, 3.63) is 88.9 Å². The van der Waals surface area contributed by atoms with Crippen LogP contribution in [0.1, 0.15) is 17.5 Å². The van der Waals surface area contributed by atoms with Gasteiger partial charge >= 0.3 is 6.03 Å². The maximum absolute atomic E-state index is 11.8. The normalized spacial score (nSPS) is 10.6. The van der Waals surface area contributed by atoms with Crippen LogP contribution in [0.4, 0.5) is 10.5 Å². The van der Waals surface area contributed by atoms with Gasteiger partial charge in [0.25, 0.3) is 0 Å². The standard InChI is InChI=1S/C24H24ClN3O3/c1-18-16-22(12-13-23(18)25)31-15-5-14-30-21-10-8-19(9-11-21)17-26-28-24(29)27-20-6-3-2-4-7-20/h2-4,6-13,16-17H,5,14-15H2,1H3,(H2,27,28,29)/b26-17+. The molecule has 31 heavy (non-hydrogen) atoms. The van der Waals surface area contributed by atoms with Gasteiger partial charge in [0, 0.05) is 17.1 Å². The Labute approximate surface area is 186 Å². The quantitative estimate of drug-likeness (QED) is 0.258. The van der Waals surface area contributed by atoms with Crippen LogP contribution in [-0.4, -0.2) is 25.5 Å². The van der Waals surface area contributed by atoms with Crippen LogP contribution in [0.15, 0.2) is 77.9 Å². The molecule has 0 aliphatic rings. The minimum atomic E-state index is -0.404. The van der Waals surface area contributed by atoms with E-state index in [-0.39, 0.29) is 0 Å². The lowest BCUT2D eigenvalue weighted by molar-refractivity contribution is 0.247. The highest BCUT2D eigenvalue weighted by atomic mass is 35.5. The SMILES string of the molecule is Cc1cc(OCCCOc2ccc(/C=N/NC(=O)Nc3ccccc3)cc2)ccc1Cl. The molecule has 6 nitrogen and oxygen atoms in total. The Morgan fingerprint density at radius 3 is 2.35 bits per heavy atom. The predicted octanol–water partition coefficient (Wildman–Crippen LogP) is 5.65. The van der Waals surface area contributed by atoms with Gasteiger partial charge in [-0.1, -0.05) is 29.8 Å². The fraction of sp³-hybridized carbons (Fsp3) is 0.167. The number of anilines is 1. The van der Waals surface area contributed by atoms with Gasteiger partial charge < -0.3 is 14.8 Å². The van der Waals surface area contributed by atoms with Gasteiger partial charge in [-0.2, -0.15) is 5.10 Å². The van der Waals surface area contributed by atoms with Crippen LogP contribution in [0.3, 0.4) is 0 Å². The van der Waals surface area contributed by atoms with E-state index in [0.717, 1.165) is 34.1 Å². The second-order valence-corrected chi connectivity index (χ2v) is 7.13. The molecule has 0 atom stereocenters. The average Bonchev–Trinajstić information content (AvgIpc) is 2.77. The topological polar surface area (TPSA) is 72.0 Å². The van der Waals surface area contributed by atoms with Crippen LogP contribution in [0.5, 0.6) is 11.5 Å². The van der Waals surface area contributed by atoms with Crippen LogP contribution in [0.2, 0.25) is 5.02 Å². The van der Waals surface area contributed by atoms with Gasteiger partial charge in [-0.05, 0) is 72.6 Å². The van der Waals surface area contributed by atoms with Crippen molar-refractivity contribution in [1.29, 1.82) is 0 Å². The number of amides is 2. The first-order chi connectivity index (χ1) is 15.1. The molecule has 160 valence electrons. The van der Waals surface area contributed by atoms with E-state index in [9.17, 15) is 4.79 Å². The predicted molar refractivity (Wildman–Crippen MR) is 124 cm³/mol. The second kappa shape index (κ2) is 11.6. The summed E-state index contributed by atoms with van der Waals surface area (Å²) in [5.74, 6) is 1.56. The summed E-state index contributed by atoms with van der Waals surface area (Å²) in [6, 6.07) is 21.8. The zero-order valence-electron chi connectivity index (χ0n) is 17.2. The van der Waals surface area contributed by atoms with Crippen LogP contribution >= 0.6 is 11.6 Å². The van der Waals surface area contributed by atoms with E-state index in [1.165, 1.54) is 0 Å². The van der Waals surface area contributed by atoms with Crippen molar-refractivity contribution in [2.24, 2.45) is 5.10 Å². The molecule has 0 heterocycles. The number of aryl methyl sites for hydroxylation is 1. The third-order valence-electron chi connectivity index (χ3n) is 4.25. The molecule has 0 bridgehead atoms. The van der Waals surface area contributed by atoms with Crippen molar-refractivity contribution < 1.29 is 14.3 Å². The number of nitrogens with one attached hydrogen (secondary N) is 2. The molecule has 3 rings (SSSR count). The van der Waals surface area contributed by atoms with Gasteiger partial charge in [0.2, 0.25) is 0 Å². The average molecular weight is 438 g/mol. The number of hydrogen-bond donors (Lipinski definition) is 2. The number of benzene rings is 3. The summed E-state index contributed by atoms with van der Waals surface area (Å²) in [5.41, 5.74) is 4.96. The molecule has 0 aromatic heterocycles. The fourth-order valence-corrected chi connectivity index (χ4v) is 2.76. The molecule has 3 aromatic carbocycles. The van der Waals surface area contributed by atoms with Crippen LogP contribution in [0, 0.1) is 6.92 Å². The summed E-state index contributed by atoms with van der Waals surface area (Å²) in [6.45, 7) is 3.05. The molecule has 2 amide bonds. The van der Waals surface area contributed by atoms with E-state index >= 15 is 0 Å². The highest BCUT2D eigenvalue weighted by molar-refractivity contribution is 6.31. The summed E-state index contributed by atoms with van der Waals surface area (Å²) >= 11 is 6.01. The molecule has 0 saturated carbocycles. The highest BCUT2D eigenvalue weighted by Crippen LogP contribution is 2.21. The van der Waals surface area contributed by atoms with Crippen molar-refractivity contribution in [2.75, 3.05) is 18.5 Å². The summed E-state index contributed by atoms with van der Waals surface area (Å²) in [7, 11) is 0. The molecular weight excluding hydrogens is 414 g/mol. The number of hydrogen-bond acceptors (Lipinski definition) is 4. The second-order valence-electron chi connectivity index (χ2n) is 6.72. The van der Waals surface area contributed by atoms with Gasteiger partial charge in [-0.15, -0.1) is 0 Å². The zero-order valence-corrected chi connectivity index (χ0v) is 17.9. The Balaban J connectivity index is 1.34. The smallest absolute Gasteiger partial charge is 0.339 e. The molecule has 0 spiro atoms. The van der Waals surface area contributed by atoms with Crippen molar-refractivity contribution in [1.82, 2.24) is 5.43 Å². The number of ether oxygens (including phenoxy) is 2. The third-order valence-corrected chi connectivity index (χ3v) is 4.67. The summed E-state index contributed by atoms with van der Waals surface area (Å²) in [4.78, 5) is 11.8. The number of para-hydroxylation sites is 1. The number of carbonyl (C=O) groups excluding carboxylic acids is 1. The molecule has 0 fully saturated rings. The summed E-state index contributed by atoms with van der Waals surface area (Å²) in [5, 5.41) is 7.36. The highest BCUT2D eigenvalue weighted by Gasteiger charge is 2.00. The maximum Gasteiger partial charge on any atom is 0.339 e. The Morgan fingerprint density at radius 2 is 1.65 bits per heavy atom. The van der Waals surface area contributed by atoms with Gasteiger partial charge in [0.1, 0.15) is 11.5 Å². The first-order valence-electron chi connectivity index (χ1n) is 9.87. The number of hydrazone groups is 1.